The van der Waals surface area contributed by atoms with Crippen molar-refractivity contribution in [2.24, 2.45) is 0 Å². The summed E-state index contributed by atoms with van der Waals surface area (Å²) in [6.07, 6.45) is 1.14. The van der Waals surface area contributed by atoms with Gasteiger partial charge in [0.05, 0.1) is 17.9 Å². The topological polar surface area (TPSA) is 24.3 Å². The number of hydrogen-bond acceptors (Lipinski definition) is 3. The van der Waals surface area contributed by atoms with Crippen molar-refractivity contribution in [1.82, 2.24) is 19.6 Å². The highest BCUT2D eigenvalue weighted by atomic mass is 15.3. The van der Waals surface area contributed by atoms with E-state index in [2.05, 4.69) is 49.0 Å². The Labute approximate surface area is 110 Å². The van der Waals surface area contributed by atoms with E-state index >= 15 is 0 Å². The highest BCUT2D eigenvalue weighted by molar-refractivity contribution is 5.25. The van der Waals surface area contributed by atoms with Gasteiger partial charge in [0, 0.05) is 25.3 Å². The number of hydrogen-bond donors (Lipinski definition) is 0. The van der Waals surface area contributed by atoms with E-state index in [4.69, 9.17) is 5.10 Å². The molecule has 4 heteroatoms. The summed E-state index contributed by atoms with van der Waals surface area (Å²) in [6, 6.07) is 0. The summed E-state index contributed by atoms with van der Waals surface area (Å²) < 4.78 is 2.19. The molecule has 1 aliphatic rings. The van der Waals surface area contributed by atoms with E-state index in [-0.39, 0.29) is 0 Å². The number of allylic oxidation sites excluding steroid dienone is 1. The monoisotopic (exact) mass is 248 g/mol. The number of aryl methyl sites for hydroxylation is 1. The van der Waals surface area contributed by atoms with Crippen LogP contribution in [0.2, 0.25) is 0 Å². The average molecular weight is 248 g/mol. The summed E-state index contributed by atoms with van der Waals surface area (Å²) in [4.78, 5) is 4.53. The third-order valence-corrected chi connectivity index (χ3v) is 3.56. The van der Waals surface area contributed by atoms with E-state index in [0.717, 1.165) is 38.3 Å². The van der Waals surface area contributed by atoms with E-state index in [1.807, 2.05) is 0 Å². The second kappa shape index (κ2) is 5.14. The highest BCUT2D eigenvalue weighted by Crippen LogP contribution is 2.21. The molecule has 0 fully saturated rings. The maximum Gasteiger partial charge on any atom is 0.0797 e. The van der Waals surface area contributed by atoms with Crippen LogP contribution >= 0.6 is 0 Å². The van der Waals surface area contributed by atoms with Gasteiger partial charge < -0.3 is 9.80 Å². The van der Waals surface area contributed by atoms with Gasteiger partial charge in [-0.1, -0.05) is 6.58 Å². The average Bonchev–Trinajstić information content (AvgIpc) is 2.50. The van der Waals surface area contributed by atoms with E-state index in [1.165, 1.54) is 17.0 Å². The molecular formula is C14H24N4. The highest BCUT2D eigenvalue weighted by Gasteiger charge is 2.20. The second-order valence-corrected chi connectivity index (χ2v) is 5.49. The van der Waals surface area contributed by atoms with Crippen molar-refractivity contribution in [2.45, 2.75) is 39.9 Å². The fourth-order valence-electron chi connectivity index (χ4n) is 2.47. The van der Waals surface area contributed by atoms with Crippen molar-refractivity contribution in [2.75, 3.05) is 20.6 Å². The lowest BCUT2D eigenvalue weighted by Crippen LogP contribution is -2.21. The predicted octanol–water partition coefficient (Wildman–Crippen LogP) is 1.99. The van der Waals surface area contributed by atoms with Crippen LogP contribution in [0.5, 0.6) is 0 Å². The Morgan fingerprint density at radius 3 is 2.72 bits per heavy atom. The second-order valence-electron chi connectivity index (χ2n) is 5.49. The molecular weight excluding hydrogens is 224 g/mol. The molecule has 0 saturated carbocycles. The summed E-state index contributed by atoms with van der Waals surface area (Å²) in [5.41, 5.74) is 5.06. The summed E-state index contributed by atoms with van der Waals surface area (Å²) in [6.45, 7) is 12.3. The molecule has 2 rings (SSSR count). The molecule has 0 amide bonds. The van der Waals surface area contributed by atoms with Gasteiger partial charge in [-0.3, -0.25) is 4.68 Å². The lowest BCUT2D eigenvalue weighted by atomic mass is 10.2. The normalized spacial score (nSPS) is 15.7. The van der Waals surface area contributed by atoms with Crippen LogP contribution in [0.25, 0.3) is 0 Å². The van der Waals surface area contributed by atoms with Gasteiger partial charge in [-0.25, -0.2) is 0 Å². The SMILES string of the molecule is C=C(C)N1CCCn2nc(CN(C)C)c(C)c2C1. The fourth-order valence-corrected chi connectivity index (χ4v) is 2.47. The maximum absolute atomic E-state index is 4.76. The fraction of sp³-hybridized carbons (Fsp3) is 0.643. The van der Waals surface area contributed by atoms with Gasteiger partial charge in [0.25, 0.3) is 0 Å². The largest absolute Gasteiger partial charge is 0.370 e. The molecule has 100 valence electrons. The van der Waals surface area contributed by atoms with Crippen LogP contribution in [-0.4, -0.2) is 40.2 Å². The summed E-state index contributed by atoms with van der Waals surface area (Å²) >= 11 is 0. The first-order chi connectivity index (χ1) is 8.49. The van der Waals surface area contributed by atoms with Gasteiger partial charge in [-0.2, -0.15) is 5.10 Å². The van der Waals surface area contributed by atoms with Crippen molar-refractivity contribution in [3.63, 3.8) is 0 Å². The zero-order chi connectivity index (χ0) is 13.3. The Morgan fingerprint density at radius 1 is 1.39 bits per heavy atom. The molecule has 1 aromatic rings. The van der Waals surface area contributed by atoms with E-state index in [0.29, 0.717) is 0 Å². The van der Waals surface area contributed by atoms with Gasteiger partial charge in [-0.15, -0.1) is 0 Å². The zero-order valence-electron chi connectivity index (χ0n) is 12.0. The van der Waals surface area contributed by atoms with Crippen molar-refractivity contribution in [3.8, 4) is 0 Å². The van der Waals surface area contributed by atoms with Gasteiger partial charge >= 0.3 is 0 Å². The molecule has 1 aliphatic heterocycles. The van der Waals surface area contributed by atoms with Gasteiger partial charge in [-0.05, 0) is 39.9 Å². The van der Waals surface area contributed by atoms with Crippen molar-refractivity contribution >= 4 is 0 Å². The molecule has 0 aliphatic carbocycles. The third kappa shape index (κ3) is 2.58. The van der Waals surface area contributed by atoms with E-state index < -0.39 is 0 Å². The van der Waals surface area contributed by atoms with E-state index in [1.54, 1.807) is 0 Å². The predicted molar refractivity (Wildman–Crippen MR) is 74.2 cm³/mol. The molecule has 0 radical (unpaired) electrons. The zero-order valence-corrected chi connectivity index (χ0v) is 12.0. The maximum atomic E-state index is 4.76. The minimum Gasteiger partial charge on any atom is -0.370 e. The molecule has 0 aromatic carbocycles. The summed E-state index contributed by atoms with van der Waals surface area (Å²) in [7, 11) is 4.17. The van der Waals surface area contributed by atoms with Crippen molar-refractivity contribution in [1.29, 1.82) is 0 Å². The number of nitrogens with zero attached hydrogens (tertiary/aromatic N) is 4. The van der Waals surface area contributed by atoms with E-state index in [9.17, 15) is 0 Å². The van der Waals surface area contributed by atoms with Crippen LogP contribution in [0.3, 0.4) is 0 Å². The molecule has 4 nitrogen and oxygen atoms in total. The van der Waals surface area contributed by atoms with Crippen molar-refractivity contribution < 1.29 is 0 Å². The van der Waals surface area contributed by atoms with Gasteiger partial charge in [0.2, 0.25) is 0 Å². The summed E-state index contributed by atoms with van der Waals surface area (Å²) in [5, 5.41) is 4.76. The molecule has 0 atom stereocenters. The number of rotatable bonds is 3. The molecule has 18 heavy (non-hydrogen) atoms. The van der Waals surface area contributed by atoms with Crippen molar-refractivity contribution in [3.05, 3.63) is 29.2 Å². The first-order valence-corrected chi connectivity index (χ1v) is 6.59. The third-order valence-electron chi connectivity index (χ3n) is 3.56. The molecule has 0 saturated heterocycles. The Kier molecular flexibility index (Phi) is 3.76. The van der Waals surface area contributed by atoms with Crippen LogP contribution in [0.15, 0.2) is 12.3 Å². The van der Waals surface area contributed by atoms with Crippen LogP contribution < -0.4 is 0 Å². The first kappa shape index (κ1) is 13.1. The Hall–Kier alpha value is -1.29. The van der Waals surface area contributed by atoms with Crippen LogP contribution in [0.1, 0.15) is 30.3 Å². The van der Waals surface area contributed by atoms with Gasteiger partial charge in [0.15, 0.2) is 0 Å². The number of fused-ring (bicyclic) bond motifs is 1. The summed E-state index contributed by atoms with van der Waals surface area (Å²) in [5.74, 6) is 0. The van der Waals surface area contributed by atoms with Gasteiger partial charge in [0.1, 0.15) is 0 Å². The molecule has 0 spiro atoms. The Balaban J connectivity index is 2.29. The van der Waals surface area contributed by atoms with Crippen LogP contribution in [-0.2, 0) is 19.6 Å². The Bertz CT molecular complexity index is 445. The molecule has 0 bridgehead atoms. The smallest absolute Gasteiger partial charge is 0.0797 e. The Morgan fingerprint density at radius 2 is 2.11 bits per heavy atom. The first-order valence-electron chi connectivity index (χ1n) is 6.59. The molecule has 1 aromatic heterocycles. The quantitative estimate of drug-likeness (QED) is 0.817. The molecule has 0 N–H and O–H groups in total. The minimum absolute atomic E-state index is 0.916. The number of aromatic nitrogens is 2. The lowest BCUT2D eigenvalue weighted by molar-refractivity contribution is 0.342. The molecule has 0 unspecified atom stereocenters. The standard InChI is InChI=1S/C14H24N4/c1-11(2)17-7-6-8-18-14(10-17)12(3)13(15-18)9-16(4)5/h1,6-10H2,2-5H3. The van der Waals surface area contributed by atoms with Crippen LogP contribution in [0.4, 0.5) is 0 Å². The van der Waals surface area contributed by atoms with Crippen LogP contribution in [0, 0.1) is 6.92 Å². The lowest BCUT2D eigenvalue weighted by Gasteiger charge is -2.22. The molecule has 2 heterocycles. The minimum atomic E-state index is 0.916.